The van der Waals surface area contributed by atoms with Gasteiger partial charge < -0.3 is 15.2 Å². The minimum absolute atomic E-state index is 0.0276. The van der Waals surface area contributed by atoms with Gasteiger partial charge in [0.25, 0.3) is 5.91 Å². The van der Waals surface area contributed by atoms with Crippen molar-refractivity contribution in [3.05, 3.63) is 30.1 Å². The molecule has 2 N–H and O–H groups in total. The van der Waals surface area contributed by atoms with Crippen molar-refractivity contribution in [1.82, 2.24) is 5.32 Å². The molecule has 0 radical (unpaired) electrons. The summed E-state index contributed by atoms with van der Waals surface area (Å²) in [7, 11) is 0. The lowest BCUT2D eigenvalue weighted by Gasteiger charge is -2.21. The first-order valence-corrected chi connectivity index (χ1v) is 7.29. The van der Waals surface area contributed by atoms with E-state index in [-0.39, 0.29) is 11.7 Å². The number of aliphatic carboxylic acids is 1. The van der Waals surface area contributed by atoms with Crippen LogP contribution < -0.4 is 10.1 Å². The highest BCUT2D eigenvalue weighted by molar-refractivity contribution is 5.86. The molecule has 2 atom stereocenters. The molecule has 0 aliphatic heterocycles. The number of hydrogen-bond acceptors (Lipinski definition) is 3. The fourth-order valence-electron chi connectivity index (χ4n) is 1.97. The number of carbonyl (C=O) groups excluding carboxylic acids is 1. The van der Waals surface area contributed by atoms with Crippen LogP contribution >= 0.6 is 0 Å². The monoisotopic (exact) mass is 311 g/mol. The molecular formula is C16H22FNO4. The molecule has 122 valence electrons. The topological polar surface area (TPSA) is 75.6 Å². The van der Waals surface area contributed by atoms with Crippen molar-refractivity contribution in [2.24, 2.45) is 5.92 Å². The highest BCUT2D eigenvalue weighted by atomic mass is 19.1. The summed E-state index contributed by atoms with van der Waals surface area (Å²) in [4.78, 5) is 23.3. The van der Waals surface area contributed by atoms with Gasteiger partial charge in [0, 0.05) is 0 Å². The standard InChI is InChI=1S/C16H22FNO4/c1-4-13(22-14-8-6-5-7-11(14)17)15(19)18-12(16(20)21)9-10(2)3/h5-8,10,12-13H,4,9H2,1-3H3,(H,18,19)(H,20,21)/t12-,13?/m0/s1. The first kappa shape index (κ1) is 17.9. The van der Waals surface area contributed by atoms with E-state index >= 15 is 0 Å². The van der Waals surface area contributed by atoms with Crippen molar-refractivity contribution < 1.29 is 23.8 Å². The maximum absolute atomic E-state index is 13.6. The number of carbonyl (C=O) groups is 2. The van der Waals surface area contributed by atoms with Crippen LogP contribution in [-0.4, -0.2) is 29.1 Å². The van der Waals surface area contributed by atoms with Crippen molar-refractivity contribution in [2.45, 2.75) is 45.8 Å². The highest BCUT2D eigenvalue weighted by Crippen LogP contribution is 2.18. The number of nitrogens with one attached hydrogen (secondary N) is 1. The molecule has 0 fully saturated rings. The Kier molecular flexibility index (Phi) is 6.82. The molecule has 5 nitrogen and oxygen atoms in total. The molecule has 0 spiro atoms. The molecule has 0 saturated carbocycles. The normalized spacial score (nSPS) is 13.5. The number of benzene rings is 1. The summed E-state index contributed by atoms with van der Waals surface area (Å²) < 4.78 is 18.9. The minimum atomic E-state index is -1.09. The highest BCUT2D eigenvalue weighted by Gasteiger charge is 2.26. The molecule has 1 unspecified atom stereocenters. The van der Waals surface area contributed by atoms with Gasteiger partial charge >= 0.3 is 5.97 Å². The van der Waals surface area contributed by atoms with Crippen LogP contribution in [0, 0.1) is 11.7 Å². The lowest BCUT2D eigenvalue weighted by molar-refractivity contribution is -0.143. The van der Waals surface area contributed by atoms with Gasteiger partial charge in [-0.15, -0.1) is 0 Å². The van der Waals surface area contributed by atoms with Crippen LogP contribution in [0.25, 0.3) is 0 Å². The smallest absolute Gasteiger partial charge is 0.326 e. The van der Waals surface area contributed by atoms with Crippen LogP contribution in [-0.2, 0) is 9.59 Å². The molecule has 22 heavy (non-hydrogen) atoms. The lowest BCUT2D eigenvalue weighted by Crippen LogP contribution is -2.47. The number of ether oxygens (including phenoxy) is 1. The van der Waals surface area contributed by atoms with Crippen LogP contribution in [0.3, 0.4) is 0 Å². The molecule has 0 heterocycles. The first-order chi connectivity index (χ1) is 10.3. The minimum Gasteiger partial charge on any atom is -0.480 e. The van der Waals surface area contributed by atoms with Gasteiger partial charge in [-0.3, -0.25) is 4.79 Å². The number of halogens is 1. The predicted molar refractivity (Wildman–Crippen MR) is 80.1 cm³/mol. The molecule has 0 aliphatic carbocycles. The Hall–Kier alpha value is -2.11. The molecule has 0 saturated heterocycles. The van der Waals surface area contributed by atoms with Gasteiger partial charge in [-0.25, -0.2) is 9.18 Å². The molecule has 1 aromatic rings. The third-order valence-electron chi connectivity index (χ3n) is 3.09. The third-order valence-corrected chi connectivity index (χ3v) is 3.09. The average molecular weight is 311 g/mol. The SMILES string of the molecule is CCC(Oc1ccccc1F)C(=O)N[C@@H](CC(C)C)C(=O)O. The molecule has 0 aromatic heterocycles. The van der Waals surface area contributed by atoms with Crippen molar-refractivity contribution in [3.8, 4) is 5.75 Å². The zero-order chi connectivity index (χ0) is 16.7. The van der Waals surface area contributed by atoms with Gasteiger partial charge in [-0.2, -0.15) is 0 Å². The zero-order valence-electron chi connectivity index (χ0n) is 13.0. The Labute approximate surface area is 129 Å². The number of hydrogen-bond donors (Lipinski definition) is 2. The van der Waals surface area contributed by atoms with E-state index in [9.17, 15) is 14.0 Å². The average Bonchev–Trinajstić information content (AvgIpc) is 2.45. The summed E-state index contributed by atoms with van der Waals surface area (Å²) in [6.45, 7) is 5.45. The number of amides is 1. The Morgan fingerprint density at radius 2 is 1.95 bits per heavy atom. The van der Waals surface area contributed by atoms with Gasteiger partial charge in [0.05, 0.1) is 0 Å². The fraction of sp³-hybridized carbons (Fsp3) is 0.500. The number of para-hydroxylation sites is 1. The van der Waals surface area contributed by atoms with Gasteiger partial charge in [0.15, 0.2) is 17.7 Å². The summed E-state index contributed by atoms with van der Waals surface area (Å²) in [6.07, 6.45) is -0.323. The van der Waals surface area contributed by atoms with Crippen molar-refractivity contribution in [2.75, 3.05) is 0 Å². The van der Waals surface area contributed by atoms with Crippen LogP contribution in [0.15, 0.2) is 24.3 Å². The molecule has 0 aliphatic rings. The fourth-order valence-corrected chi connectivity index (χ4v) is 1.97. The maximum Gasteiger partial charge on any atom is 0.326 e. The van der Waals surface area contributed by atoms with Crippen LogP contribution in [0.1, 0.15) is 33.6 Å². The van der Waals surface area contributed by atoms with Gasteiger partial charge in [0.2, 0.25) is 0 Å². The molecule has 0 bridgehead atoms. The van der Waals surface area contributed by atoms with E-state index in [0.29, 0.717) is 12.8 Å². The quantitative estimate of drug-likeness (QED) is 0.774. The maximum atomic E-state index is 13.6. The predicted octanol–water partition coefficient (Wildman–Crippen LogP) is 2.60. The zero-order valence-corrected chi connectivity index (χ0v) is 13.0. The van der Waals surface area contributed by atoms with Crippen LogP contribution in [0.2, 0.25) is 0 Å². The second-order valence-corrected chi connectivity index (χ2v) is 5.47. The van der Waals surface area contributed by atoms with E-state index in [1.54, 1.807) is 13.0 Å². The van der Waals surface area contributed by atoms with E-state index in [4.69, 9.17) is 9.84 Å². The van der Waals surface area contributed by atoms with E-state index in [2.05, 4.69) is 5.32 Å². The Morgan fingerprint density at radius 1 is 1.32 bits per heavy atom. The van der Waals surface area contributed by atoms with E-state index in [1.807, 2.05) is 13.8 Å². The number of carboxylic acids is 1. The van der Waals surface area contributed by atoms with Crippen LogP contribution in [0.5, 0.6) is 5.75 Å². The van der Waals surface area contributed by atoms with E-state index in [0.717, 1.165) is 0 Å². The van der Waals surface area contributed by atoms with Gasteiger partial charge in [0.1, 0.15) is 6.04 Å². The van der Waals surface area contributed by atoms with Gasteiger partial charge in [-0.05, 0) is 30.9 Å². The third kappa shape index (κ3) is 5.35. The second kappa shape index (κ2) is 8.36. The van der Waals surface area contributed by atoms with E-state index in [1.165, 1.54) is 18.2 Å². The molecule has 1 rings (SSSR count). The molecule has 1 amide bonds. The molecule has 6 heteroatoms. The lowest BCUT2D eigenvalue weighted by atomic mass is 10.0. The second-order valence-electron chi connectivity index (χ2n) is 5.47. The number of carboxylic acid groups (broad SMARTS) is 1. The van der Waals surface area contributed by atoms with Crippen molar-refractivity contribution in [3.63, 3.8) is 0 Å². The molecular weight excluding hydrogens is 289 g/mol. The summed E-state index contributed by atoms with van der Waals surface area (Å²) in [6, 6.07) is 4.80. The van der Waals surface area contributed by atoms with Crippen LogP contribution in [0.4, 0.5) is 4.39 Å². The Bertz CT molecular complexity index is 519. The summed E-state index contributed by atoms with van der Waals surface area (Å²) in [5.41, 5.74) is 0. The molecule has 1 aromatic carbocycles. The Balaban J connectivity index is 2.75. The summed E-state index contributed by atoms with van der Waals surface area (Å²) >= 11 is 0. The summed E-state index contributed by atoms with van der Waals surface area (Å²) in [5, 5.41) is 11.6. The van der Waals surface area contributed by atoms with E-state index < -0.39 is 29.8 Å². The largest absolute Gasteiger partial charge is 0.480 e. The first-order valence-electron chi connectivity index (χ1n) is 7.29. The number of rotatable bonds is 8. The summed E-state index contributed by atoms with van der Waals surface area (Å²) in [5.74, 6) is -2.12. The van der Waals surface area contributed by atoms with Gasteiger partial charge in [-0.1, -0.05) is 32.9 Å². The Morgan fingerprint density at radius 3 is 2.45 bits per heavy atom. The van der Waals surface area contributed by atoms with Crippen molar-refractivity contribution in [1.29, 1.82) is 0 Å². The van der Waals surface area contributed by atoms with Crippen molar-refractivity contribution >= 4 is 11.9 Å².